The van der Waals surface area contributed by atoms with Gasteiger partial charge in [-0.25, -0.2) is 4.68 Å². The molecule has 0 aliphatic rings. The van der Waals surface area contributed by atoms with Crippen molar-refractivity contribution in [1.82, 2.24) is 14.9 Å². The Labute approximate surface area is 156 Å². The summed E-state index contributed by atoms with van der Waals surface area (Å²) in [6, 6.07) is 13.2. The predicted molar refractivity (Wildman–Crippen MR) is 95.3 cm³/mol. The molecule has 140 valence electrons. The molecule has 0 aliphatic carbocycles. The van der Waals surface area contributed by atoms with E-state index in [9.17, 15) is 18.0 Å². The highest BCUT2D eigenvalue weighted by atomic mass is 32.2. The van der Waals surface area contributed by atoms with Gasteiger partial charge in [-0.05, 0) is 23.8 Å². The number of anilines is 1. The van der Waals surface area contributed by atoms with Gasteiger partial charge in [0, 0.05) is 5.69 Å². The fraction of sp³-hybridized carbons (Fsp3) is 0.118. The van der Waals surface area contributed by atoms with E-state index in [0.29, 0.717) is 10.7 Å². The zero-order valence-corrected chi connectivity index (χ0v) is 14.5. The minimum absolute atomic E-state index is 0.0468. The van der Waals surface area contributed by atoms with E-state index in [0.717, 1.165) is 28.6 Å². The maximum atomic E-state index is 12.9. The van der Waals surface area contributed by atoms with Gasteiger partial charge in [-0.1, -0.05) is 48.2 Å². The maximum absolute atomic E-state index is 12.9. The number of amides is 1. The van der Waals surface area contributed by atoms with Crippen LogP contribution in [0.2, 0.25) is 0 Å². The largest absolute Gasteiger partial charge is 0.416 e. The van der Waals surface area contributed by atoms with Crippen molar-refractivity contribution in [3.8, 4) is 0 Å². The number of carbonyl (C=O) groups excluding carboxylic acids is 1. The van der Waals surface area contributed by atoms with Gasteiger partial charge in [-0.3, -0.25) is 4.79 Å². The molecule has 0 unspecified atom stereocenters. The quantitative estimate of drug-likeness (QED) is 0.512. The molecule has 3 rings (SSSR count). The average molecular weight is 393 g/mol. The highest BCUT2D eigenvalue weighted by Crippen LogP contribution is 2.35. The Morgan fingerprint density at radius 3 is 2.52 bits per heavy atom. The number of aromatic nitrogens is 3. The first-order chi connectivity index (χ1) is 12.8. The smallest absolute Gasteiger partial charge is 0.336 e. The summed E-state index contributed by atoms with van der Waals surface area (Å²) >= 11 is 1.04. The lowest BCUT2D eigenvalue weighted by molar-refractivity contribution is -0.137. The summed E-state index contributed by atoms with van der Waals surface area (Å²) < 4.78 is 39.8. The Kier molecular flexibility index (Phi) is 5.36. The van der Waals surface area contributed by atoms with E-state index >= 15 is 0 Å². The van der Waals surface area contributed by atoms with Crippen LogP contribution in [-0.4, -0.2) is 20.8 Å². The Bertz CT molecular complexity index is 930. The molecule has 3 aromatic rings. The van der Waals surface area contributed by atoms with Gasteiger partial charge in [0.05, 0.1) is 5.56 Å². The molecule has 0 saturated heterocycles. The van der Waals surface area contributed by atoms with Crippen molar-refractivity contribution in [1.29, 1.82) is 0 Å². The maximum Gasteiger partial charge on any atom is 0.416 e. The molecule has 6 nitrogen and oxygen atoms in total. The number of carbonyl (C=O) groups is 1. The first kappa shape index (κ1) is 18.8. The van der Waals surface area contributed by atoms with Crippen LogP contribution in [0.1, 0.15) is 16.4 Å². The van der Waals surface area contributed by atoms with Crippen molar-refractivity contribution >= 4 is 23.4 Å². The number of nitrogens with one attached hydrogen (secondary N) is 1. The fourth-order valence-corrected chi connectivity index (χ4v) is 3.24. The lowest BCUT2D eigenvalue weighted by Gasteiger charge is -2.17. The zero-order chi connectivity index (χ0) is 19.4. The molecule has 1 amide bonds. The first-order valence-electron chi connectivity index (χ1n) is 7.69. The predicted octanol–water partition coefficient (Wildman–Crippen LogP) is 3.48. The second-order valence-electron chi connectivity index (χ2n) is 5.50. The molecule has 0 saturated carbocycles. The summed E-state index contributed by atoms with van der Waals surface area (Å²) in [4.78, 5) is 12.8. The van der Waals surface area contributed by atoms with Gasteiger partial charge in [0.1, 0.15) is 11.6 Å². The van der Waals surface area contributed by atoms with E-state index < -0.39 is 22.9 Å². The van der Waals surface area contributed by atoms with Crippen molar-refractivity contribution in [2.75, 3.05) is 11.2 Å². The number of hydrogen-bond donors (Lipinski definition) is 2. The van der Waals surface area contributed by atoms with Crippen molar-refractivity contribution in [3.63, 3.8) is 0 Å². The minimum Gasteiger partial charge on any atom is -0.336 e. The number of hydrogen-bond acceptors (Lipinski definition) is 5. The van der Waals surface area contributed by atoms with Crippen LogP contribution in [-0.2, 0) is 11.0 Å². The standard InChI is InChI=1S/C17H14F3N5OS/c18-17(19,20)12-7-4-8-13(9-12)23-15(26)14(11-5-2-1-3-6-11)27-16-24-22-10-25(16)21/h1-10,14H,21H2,(H,23,26)/t14-/m1/s1. The van der Waals surface area contributed by atoms with Crippen molar-refractivity contribution in [3.05, 3.63) is 72.1 Å². The molecule has 27 heavy (non-hydrogen) atoms. The Hall–Kier alpha value is -3.01. The van der Waals surface area contributed by atoms with Crippen LogP contribution in [0.25, 0.3) is 0 Å². The fourth-order valence-electron chi connectivity index (χ4n) is 2.30. The van der Waals surface area contributed by atoms with Crippen molar-refractivity contribution in [2.45, 2.75) is 16.6 Å². The molecule has 2 aromatic carbocycles. The number of rotatable bonds is 5. The molecule has 1 heterocycles. The van der Waals surface area contributed by atoms with E-state index in [1.165, 1.54) is 18.5 Å². The van der Waals surface area contributed by atoms with Gasteiger partial charge >= 0.3 is 6.18 Å². The minimum atomic E-state index is -4.50. The third-order valence-electron chi connectivity index (χ3n) is 3.56. The summed E-state index contributed by atoms with van der Waals surface area (Å²) in [5.41, 5.74) is -0.147. The number of halogens is 3. The van der Waals surface area contributed by atoms with Gasteiger partial charge < -0.3 is 11.2 Å². The Morgan fingerprint density at radius 1 is 1.15 bits per heavy atom. The molecule has 0 bridgehead atoms. The SMILES string of the molecule is Nn1cnnc1S[C@@H](C(=O)Nc1cccc(C(F)(F)F)c1)c1ccccc1. The molecular weight excluding hydrogens is 379 g/mol. The molecule has 3 N–H and O–H groups in total. The summed E-state index contributed by atoms with van der Waals surface area (Å²) in [7, 11) is 0. The summed E-state index contributed by atoms with van der Waals surface area (Å²) in [6.07, 6.45) is -3.21. The van der Waals surface area contributed by atoms with Gasteiger partial charge in [0.2, 0.25) is 11.1 Å². The molecule has 0 radical (unpaired) electrons. The van der Waals surface area contributed by atoms with E-state index in [2.05, 4.69) is 15.5 Å². The molecular formula is C17H14F3N5OS. The Morgan fingerprint density at radius 2 is 1.89 bits per heavy atom. The van der Waals surface area contributed by atoms with E-state index in [1.807, 2.05) is 0 Å². The Balaban J connectivity index is 1.86. The molecule has 0 fully saturated rings. The zero-order valence-electron chi connectivity index (χ0n) is 13.7. The molecule has 0 aliphatic heterocycles. The van der Waals surface area contributed by atoms with Crippen LogP contribution in [0.3, 0.4) is 0 Å². The third kappa shape index (κ3) is 4.59. The number of nitrogens with zero attached hydrogens (tertiary/aromatic N) is 3. The third-order valence-corrected chi connectivity index (χ3v) is 4.79. The highest BCUT2D eigenvalue weighted by Gasteiger charge is 2.31. The molecule has 10 heteroatoms. The lowest BCUT2D eigenvalue weighted by Crippen LogP contribution is -2.20. The van der Waals surface area contributed by atoms with Gasteiger partial charge in [-0.15, -0.1) is 10.2 Å². The van der Waals surface area contributed by atoms with Crippen LogP contribution in [0, 0.1) is 0 Å². The number of benzene rings is 2. The van der Waals surface area contributed by atoms with Crippen molar-refractivity contribution in [2.24, 2.45) is 0 Å². The van der Waals surface area contributed by atoms with E-state index in [-0.39, 0.29) is 5.69 Å². The lowest BCUT2D eigenvalue weighted by atomic mass is 10.1. The van der Waals surface area contributed by atoms with Crippen molar-refractivity contribution < 1.29 is 18.0 Å². The van der Waals surface area contributed by atoms with E-state index in [1.54, 1.807) is 30.3 Å². The number of nitrogen functional groups attached to an aromatic ring is 1. The monoisotopic (exact) mass is 393 g/mol. The van der Waals surface area contributed by atoms with E-state index in [4.69, 9.17) is 5.84 Å². The second-order valence-corrected chi connectivity index (χ2v) is 6.57. The molecule has 1 atom stereocenters. The van der Waals surface area contributed by atoms with Crippen LogP contribution in [0.4, 0.5) is 18.9 Å². The molecule has 0 spiro atoms. The topological polar surface area (TPSA) is 85.8 Å². The summed E-state index contributed by atoms with van der Waals surface area (Å²) in [5.74, 6) is 5.20. The first-order valence-corrected chi connectivity index (χ1v) is 8.57. The highest BCUT2D eigenvalue weighted by molar-refractivity contribution is 8.00. The van der Waals surface area contributed by atoms with Crippen LogP contribution in [0.15, 0.2) is 66.1 Å². The van der Waals surface area contributed by atoms with Gasteiger partial charge in [0.15, 0.2) is 0 Å². The van der Waals surface area contributed by atoms with Crippen LogP contribution < -0.4 is 11.2 Å². The number of thioether (sulfide) groups is 1. The number of nitrogens with two attached hydrogens (primary N) is 1. The summed E-state index contributed by atoms with van der Waals surface area (Å²) in [6.45, 7) is 0. The average Bonchev–Trinajstić information content (AvgIpc) is 3.04. The molecule has 1 aromatic heterocycles. The van der Waals surface area contributed by atoms with Crippen LogP contribution in [0.5, 0.6) is 0 Å². The second kappa shape index (κ2) is 7.70. The van der Waals surface area contributed by atoms with Crippen LogP contribution >= 0.6 is 11.8 Å². The summed E-state index contributed by atoms with van der Waals surface area (Å²) in [5, 5.41) is 9.54. The van der Waals surface area contributed by atoms with Gasteiger partial charge in [0.25, 0.3) is 0 Å². The number of alkyl halides is 3. The van der Waals surface area contributed by atoms with Gasteiger partial charge in [-0.2, -0.15) is 13.2 Å². The normalized spacial score (nSPS) is 12.6.